The van der Waals surface area contributed by atoms with E-state index in [0.29, 0.717) is 12.5 Å². The molecule has 0 aliphatic heterocycles. The number of hydrogen-bond donors (Lipinski definition) is 1. The zero-order valence-electron chi connectivity index (χ0n) is 9.03. The van der Waals surface area contributed by atoms with Crippen molar-refractivity contribution in [3.05, 3.63) is 28.8 Å². The van der Waals surface area contributed by atoms with Crippen LogP contribution in [0.4, 0.5) is 0 Å². The van der Waals surface area contributed by atoms with E-state index in [1.54, 1.807) is 18.2 Å². The van der Waals surface area contributed by atoms with Gasteiger partial charge in [-0.2, -0.15) is 0 Å². The molecular formula is C11H14ClNO2S. The highest BCUT2D eigenvalue weighted by Crippen LogP contribution is 2.29. The van der Waals surface area contributed by atoms with Crippen molar-refractivity contribution in [2.24, 2.45) is 5.92 Å². The molecule has 0 aromatic heterocycles. The Hall–Kier alpha value is -0.580. The van der Waals surface area contributed by atoms with Crippen LogP contribution in [0.5, 0.6) is 0 Å². The molecule has 1 aromatic carbocycles. The van der Waals surface area contributed by atoms with Gasteiger partial charge < -0.3 is 0 Å². The van der Waals surface area contributed by atoms with Crippen molar-refractivity contribution < 1.29 is 8.42 Å². The summed E-state index contributed by atoms with van der Waals surface area (Å²) in [7, 11) is -3.44. The molecule has 0 amide bonds. The fraction of sp³-hybridized carbons (Fsp3) is 0.455. The lowest BCUT2D eigenvalue weighted by atomic mass is 10.2. The van der Waals surface area contributed by atoms with Crippen LogP contribution in [0.1, 0.15) is 18.4 Å². The lowest BCUT2D eigenvalue weighted by Gasteiger charge is -2.08. The lowest BCUT2D eigenvalue weighted by molar-refractivity contribution is 0.577. The second kappa shape index (κ2) is 4.35. The highest BCUT2D eigenvalue weighted by Gasteiger charge is 2.25. The lowest BCUT2D eigenvalue weighted by Crippen LogP contribution is -2.26. The quantitative estimate of drug-likeness (QED) is 0.902. The van der Waals surface area contributed by atoms with E-state index in [9.17, 15) is 8.42 Å². The van der Waals surface area contributed by atoms with Gasteiger partial charge in [0.2, 0.25) is 10.0 Å². The summed E-state index contributed by atoms with van der Waals surface area (Å²) in [6.45, 7) is 2.40. The molecule has 0 unspecified atom stereocenters. The van der Waals surface area contributed by atoms with Gasteiger partial charge in [-0.25, -0.2) is 13.1 Å². The second-order valence-electron chi connectivity index (χ2n) is 4.23. The first kappa shape index (κ1) is 11.9. The first-order valence-electron chi connectivity index (χ1n) is 5.25. The van der Waals surface area contributed by atoms with Gasteiger partial charge >= 0.3 is 0 Å². The third-order valence-corrected chi connectivity index (χ3v) is 4.54. The van der Waals surface area contributed by atoms with Gasteiger partial charge in [-0.15, -0.1) is 0 Å². The minimum atomic E-state index is -3.44. The summed E-state index contributed by atoms with van der Waals surface area (Å²) in [6, 6.07) is 4.96. The molecule has 88 valence electrons. The Balaban J connectivity index is 2.20. The average Bonchev–Trinajstić information content (AvgIpc) is 2.97. The van der Waals surface area contributed by atoms with Crippen molar-refractivity contribution in [3.63, 3.8) is 0 Å². The van der Waals surface area contributed by atoms with Crippen LogP contribution < -0.4 is 4.72 Å². The van der Waals surface area contributed by atoms with Crippen molar-refractivity contribution in [2.45, 2.75) is 24.7 Å². The highest BCUT2D eigenvalue weighted by molar-refractivity contribution is 7.89. The average molecular weight is 260 g/mol. The molecule has 0 heterocycles. The number of halogens is 1. The molecule has 1 aromatic rings. The van der Waals surface area contributed by atoms with Gasteiger partial charge in [-0.1, -0.05) is 17.7 Å². The summed E-state index contributed by atoms with van der Waals surface area (Å²) in [4.78, 5) is 0.167. The predicted molar refractivity (Wildman–Crippen MR) is 64.1 cm³/mol. The van der Waals surface area contributed by atoms with Crippen LogP contribution in [0.15, 0.2) is 23.1 Å². The molecule has 3 nitrogen and oxygen atoms in total. The normalized spacial score (nSPS) is 16.4. The third-order valence-electron chi connectivity index (χ3n) is 2.64. The van der Waals surface area contributed by atoms with E-state index in [4.69, 9.17) is 11.6 Å². The first-order valence-corrected chi connectivity index (χ1v) is 7.11. The monoisotopic (exact) mass is 259 g/mol. The van der Waals surface area contributed by atoms with E-state index in [1.165, 1.54) is 0 Å². The summed E-state index contributed by atoms with van der Waals surface area (Å²) in [5.74, 6) is 0.513. The maximum absolute atomic E-state index is 11.9. The topological polar surface area (TPSA) is 46.2 Å². The molecule has 0 radical (unpaired) electrons. The smallest absolute Gasteiger partial charge is 0.211 e. The Morgan fingerprint density at radius 1 is 1.44 bits per heavy atom. The molecule has 1 fully saturated rings. The summed E-state index contributed by atoms with van der Waals surface area (Å²) in [5, 5.41) is 0.281. The number of rotatable bonds is 4. The van der Waals surface area contributed by atoms with Crippen molar-refractivity contribution in [2.75, 3.05) is 6.54 Å². The molecule has 1 N–H and O–H groups in total. The fourth-order valence-electron chi connectivity index (χ4n) is 1.45. The Kier molecular flexibility index (Phi) is 3.24. The zero-order valence-corrected chi connectivity index (χ0v) is 10.6. The van der Waals surface area contributed by atoms with Crippen LogP contribution in [-0.2, 0) is 10.0 Å². The minimum Gasteiger partial charge on any atom is -0.211 e. The largest absolute Gasteiger partial charge is 0.242 e. The Labute approximate surface area is 101 Å². The molecule has 0 spiro atoms. The molecule has 1 aliphatic rings. The van der Waals surface area contributed by atoms with Gasteiger partial charge in [0.05, 0.1) is 5.02 Å². The highest BCUT2D eigenvalue weighted by atomic mass is 35.5. The van der Waals surface area contributed by atoms with Crippen LogP contribution in [-0.4, -0.2) is 15.0 Å². The van der Waals surface area contributed by atoms with E-state index in [0.717, 1.165) is 18.4 Å². The third kappa shape index (κ3) is 2.75. The Morgan fingerprint density at radius 3 is 2.69 bits per heavy atom. The molecular weight excluding hydrogens is 246 g/mol. The number of hydrogen-bond acceptors (Lipinski definition) is 2. The summed E-state index contributed by atoms with van der Waals surface area (Å²) in [5.41, 5.74) is 0.950. The van der Waals surface area contributed by atoms with Crippen molar-refractivity contribution in [3.8, 4) is 0 Å². The van der Waals surface area contributed by atoms with Crippen LogP contribution >= 0.6 is 11.6 Å². The molecule has 0 atom stereocenters. The van der Waals surface area contributed by atoms with Gasteiger partial charge in [0.15, 0.2) is 0 Å². The van der Waals surface area contributed by atoms with Gasteiger partial charge in [-0.05, 0) is 43.4 Å². The molecule has 0 bridgehead atoms. The molecule has 1 aliphatic carbocycles. The van der Waals surface area contributed by atoms with E-state index in [2.05, 4.69) is 4.72 Å². The SMILES string of the molecule is Cc1ccc(S(=O)(=O)NCC2CC2)c(Cl)c1. The maximum Gasteiger partial charge on any atom is 0.242 e. The molecule has 1 saturated carbocycles. The van der Waals surface area contributed by atoms with Gasteiger partial charge in [0, 0.05) is 6.54 Å². The maximum atomic E-state index is 11.9. The number of aryl methyl sites for hydroxylation is 1. The molecule has 5 heteroatoms. The summed E-state index contributed by atoms with van der Waals surface area (Å²) in [6.07, 6.45) is 2.23. The van der Waals surface area contributed by atoms with Crippen LogP contribution in [0.2, 0.25) is 5.02 Å². The van der Waals surface area contributed by atoms with Crippen LogP contribution in [0, 0.1) is 12.8 Å². The van der Waals surface area contributed by atoms with Crippen molar-refractivity contribution in [1.29, 1.82) is 0 Å². The molecule has 16 heavy (non-hydrogen) atoms. The first-order chi connectivity index (χ1) is 7.49. The predicted octanol–water partition coefficient (Wildman–Crippen LogP) is 2.34. The zero-order chi connectivity index (χ0) is 11.8. The number of benzene rings is 1. The van der Waals surface area contributed by atoms with Crippen molar-refractivity contribution in [1.82, 2.24) is 4.72 Å². The summed E-state index contributed by atoms with van der Waals surface area (Å²) < 4.78 is 26.4. The Morgan fingerprint density at radius 2 is 2.12 bits per heavy atom. The van der Waals surface area contributed by atoms with Crippen LogP contribution in [0.3, 0.4) is 0 Å². The standard InChI is InChI=1S/C11H14ClNO2S/c1-8-2-5-11(10(12)6-8)16(14,15)13-7-9-3-4-9/h2,5-6,9,13H,3-4,7H2,1H3. The van der Waals surface area contributed by atoms with E-state index < -0.39 is 10.0 Å². The van der Waals surface area contributed by atoms with Gasteiger partial charge in [-0.3, -0.25) is 0 Å². The van der Waals surface area contributed by atoms with E-state index >= 15 is 0 Å². The van der Waals surface area contributed by atoms with E-state index in [-0.39, 0.29) is 9.92 Å². The fourth-order valence-corrected chi connectivity index (χ4v) is 3.16. The number of sulfonamides is 1. The Bertz CT molecular complexity index is 495. The molecule has 2 rings (SSSR count). The van der Waals surface area contributed by atoms with E-state index in [1.807, 2.05) is 6.92 Å². The van der Waals surface area contributed by atoms with Gasteiger partial charge in [0.25, 0.3) is 0 Å². The van der Waals surface area contributed by atoms with Crippen LogP contribution in [0.25, 0.3) is 0 Å². The number of nitrogens with one attached hydrogen (secondary N) is 1. The minimum absolute atomic E-state index is 0.167. The summed E-state index contributed by atoms with van der Waals surface area (Å²) >= 11 is 5.93. The van der Waals surface area contributed by atoms with Gasteiger partial charge in [0.1, 0.15) is 4.90 Å². The van der Waals surface area contributed by atoms with Crippen molar-refractivity contribution >= 4 is 21.6 Å². The second-order valence-corrected chi connectivity index (χ2v) is 6.37. The molecule has 0 saturated heterocycles.